The highest BCUT2D eigenvalue weighted by molar-refractivity contribution is 9.10. The van der Waals surface area contributed by atoms with Crippen molar-refractivity contribution in [1.29, 1.82) is 0 Å². The van der Waals surface area contributed by atoms with Crippen molar-refractivity contribution in [2.75, 3.05) is 0 Å². The summed E-state index contributed by atoms with van der Waals surface area (Å²) in [4.78, 5) is 11.3. The van der Waals surface area contributed by atoms with Crippen molar-refractivity contribution >= 4 is 32.7 Å². The van der Waals surface area contributed by atoms with Crippen LogP contribution in [-0.4, -0.2) is 10.5 Å². The van der Waals surface area contributed by atoms with Gasteiger partial charge in [0.2, 0.25) is 0 Å². The second kappa shape index (κ2) is 3.38. The van der Waals surface area contributed by atoms with Gasteiger partial charge in [-0.2, -0.15) is 0 Å². The van der Waals surface area contributed by atoms with E-state index < -0.39 is 5.91 Å². The molecule has 0 fully saturated rings. The van der Waals surface area contributed by atoms with Gasteiger partial charge in [-0.1, -0.05) is 15.9 Å². The van der Waals surface area contributed by atoms with E-state index in [2.05, 4.69) is 15.9 Å². The number of nitrogens with two attached hydrogens (primary N) is 1. The highest BCUT2D eigenvalue weighted by Crippen LogP contribution is 2.27. The number of primary amides is 1. The van der Waals surface area contributed by atoms with Gasteiger partial charge < -0.3 is 10.3 Å². The third-order valence-electron chi connectivity index (χ3n) is 2.50. The van der Waals surface area contributed by atoms with Crippen LogP contribution < -0.4 is 5.73 Å². The van der Waals surface area contributed by atoms with E-state index in [4.69, 9.17) is 5.73 Å². The average molecular weight is 267 g/mol. The number of hydrogen-bond donors (Lipinski definition) is 1. The van der Waals surface area contributed by atoms with Crippen LogP contribution in [0.2, 0.25) is 0 Å². The Morgan fingerprint density at radius 2 is 2.13 bits per heavy atom. The molecule has 15 heavy (non-hydrogen) atoms. The number of benzene rings is 1. The normalized spacial score (nSPS) is 10.9. The predicted molar refractivity (Wildman–Crippen MR) is 63.9 cm³/mol. The molecular formula is C11H11BrN2O. The molecule has 1 aromatic carbocycles. The number of nitrogens with zero attached hydrogens (tertiary/aromatic N) is 1. The molecule has 1 aromatic heterocycles. The van der Waals surface area contributed by atoms with Gasteiger partial charge in [-0.05, 0) is 24.6 Å². The maximum absolute atomic E-state index is 11.3. The number of aryl methyl sites for hydroxylation is 2. The first-order chi connectivity index (χ1) is 7.00. The largest absolute Gasteiger partial charge is 0.366 e. The number of halogens is 1. The zero-order valence-electron chi connectivity index (χ0n) is 8.54. The number of rotatable bonds is 1. The Balaban J connectivity index is 2.96. The molecule has 0 bridgehead atoms. The quantitative estimate of drug-likeness (QED) is 0.847. The summed E-state index contributed by atoms with van der Waals surface area (Å²) in [6.45, 7) is 2.01. The Labute approximate surface area is 96.0 Å². The van der Waals surface area contributed by atoms with Crippen molar-refractivity contribution in [2.45, 2.75) is 6.92 Å². The Morgan fingerprint density at radius 1 is 1.47 bits per heavy atom. The van der Waals surface area contributed by atoms with E-state index in [1.807, 2.05) is 30.8 Å². The fourth-order valence-corrected chi connectivity index (χ4v) is 2.35. The van der Waals surface area contributed by atoms with Gasteiger partial charge in [0.05, 0.1) is 11.1 Å². The van der Waals surface area contributed by atoms with Crippen molar-refractivity contribution in [1.82, 2.24) is 4.57 Å². The molecule has 0 atom stereocenters. The van der Waals surface area contributed by atoms with Crippen LogP contribution in [0, 0.1) is 6.92 Å². The first kappa shape index (κ1) is 10.2. The number of aromatic nitrogens is 1. The smallest absolute Gasteiger partial charge is 0.250 e. The number of carbonyl (C=O) groups is 1. The topological polar surface area (TPSA) is 48.0 Å². The van der Waals surface area contributed by atoms with Gasteiger partial charge in [-0.3, -0.25) is 4.79 Å². The van der Waals surface area contributed by atoms with Crippen molar-refractivity contribution in [2.24, 2.45) is 12.8 Å². The maximum atomic E-state index is 11.3. The van der Waals surface area contributed by atoms with Gasteiger partial charge in [-0.15, -0.1) is 0 Å². The summed E-state index contributed by atoms with van der Waals surface area (Å²) in [7, 11) is 1.91. The second-order valence-electron chi connectivity index (χ2n) is 3.64. The fourth-order valence-electron chi connectivity index (χ4n) is 1.89. The van der Waals surface area contributed by atoms with Gasteiger partial charge >= 0.3 is 0 Å². The molecule has 2 aromatic rings. The van der Waals surface area contributed by atoms with Crippen LogP contribution in [-0.2, 0) is 7.05 Å². The van der Waals surface area contributed by atoms with Crippen molar-refractivity contribution < 1.29 is 4.79 Å². The molecule has 0 spiro atoms. The summed E-state index contributed by atoms with van der Waals surface area (Å²) < 4.78 is 2.80. The Bertz CT molecular complexity index is 557. The van der Waals surface area contributed by atoms with Crippen molar-refractivity contribution in [3.63, 3.8) is 0 Å². The molecule has 0 aliphatic carbocycles. The molecule has 2 N–H and O–H groups in total. The predicted octanol–water partition coefficient (Wildman–Crippen LogP) is 2.35. The zero-order chi connectivity index (χ0) is 11.2. The van der Waals surface area contributed by atoms with Crippen LogP contribution in [0.15, 0.2) is 22.8 Å². The zero-order valence-corrected chi connectivity index (χ0v) is 10.1. The molecule has 78 valence electrons. The highest BCUT2D eigenvalue weighted by Gasteiger charge is 2.12. The lowest BCUT2D eigenvalue weighted by Gasteiger charge is -2.03. The third-order valence-corrected chi connectivity index (χ3v) is 2.96. The highest BCUT2D eigenvalue weighted by atomic mass is 79.9. The first-order valence-corrected chi connectivity index (χ1v) is 5.35. The minimum atomic E-state index is -0.400. The van der Waals surface area contributed by atoms with Gasteiger partial charge in [0.25, 0.3) is 5.91 Å². The lowest BCUT2D eigenvalue weighted by molar-refractivity contribution is 0.100. The molecule has 3 nitrogen and oxygen atoms in total. The summed E-state index contributed by atoms with van der Waals surface area (Å²) in [5, 5.41) is 1.06. The van der Waals surface area contributed by atoms with Crippen molar-refractivity contribution in [3.05, 3.63) is 33.9 Å². The van der Waals surface area contributed by atoms with E-state index in [0.29, 0.717) is 5.56 Å². The monoisotopic (exact) mass is 266 g/mol. The second-order valence-corrected chi connectivity index (χ2v) is 4.55. The van der Waals surface area contributed by atoms with E-state index in [9.17, 15) is 4.79 Å². The van der Waals surface area contributed by atoms with Gasteiger partial charge in [-0.25, -0.2) is 0 Å². The minimum Gasteiger partial charge on any atom is -0.366 e. The Kier molecular flexibility index (Phi) is 2.31. The van der Waals surface area contributed by atoms with E-state index in [1.54, 1.807) is 6.07 Å². The number of fused-ring (bicyclic) bond motifs is 1. The Morgan fingerprint density at radius 3 is 2.73 bits per heavy atom. The summed E-state index contributed by atoms with van der Waals surface area (Å²) in [5.41, 5.74) is 7.93. The first-order valence-electron chi connectivity index (χ1n) is 4.55. The average Bonchev–Trinajstić information content (AvgIpc) is 2.41. The molecule has 2 rings (SSSR count). The fraction of sp³-hybridized carbons (Fsp3) is 0.182. The Hall–Kier alpha value is -1.29. The van der Waals surface area contributed by atoms with Crippen LogP contribution in [0.25, 0.3) is 10.9 Å². The SMILES string of the molecule is Cc1cn(C)c2c(C(N)=O)cc(Br)cc12. The van der Waals surface area contributed by atoms with E-state index >= 15 is 0 Å². The summed E-state index contributed by atoms with van der Waals surface area (Å²) in [6.07, 6.45) is 1.99. The van der Waals surface area contributed by atoms with Crippen LogP contribution in [0.1, 0.15) is 15.9 Å². The lowest BCUT2D eigenvalue weighted by Crippen LogP contribution is -2.12. The van der Waals surface area contributed by atoms with Crippen LogP contribution in [0.4, 0.5) is 0 Å². The lowest BCUT2D eigenvalue weighted by atomic mass is 10.1. The molecule has 0 aliphatic rings. The molecule has 1 heterocycles. The summed E-state index contributed by atoms with van der Waals surface area (Å²) in [5.74, 6) is -0.400. The van der Waals surface area contributed by atoms with Crippen LogP contribution in [0.3, 0.4) is 0 Å². The molecule has 0 saturated heterocycles. The molecule has 4 heteroatoms. The summed E-state index contributed by atoms with van der Waals surface area (Å²) >= 11 is 3.38. The van der Waals surface area contributed by atoms with Gasteiger partial charge in [0.15, 0.2) is 0 Å². The number of amides is 1. The maximum Gasteiger partial charge on any atom is 0.250 e. The van der Waals surface area contributed by atoms with Gasteiger partial charge in [0.1, 0.15) is 0 Å². The van der Waals surface area contributed by atoms with E-state index in [-0.39, 0.29) is 0 Å². The standard InChI is InChI=1S/C11H11BrN2O/c1-6-5-14(2)10-8(6)3-7(12)4-9(10)11(13)15/h3-5H,1-2H3,(H2,13,15). The van der Waals surface area contributed by atoms with Crippen LogP contribution >= 0.6 is 15.9 Å². The van der Waals surface area contributed by atoms with Crippen LogP contribution in [0.5, 0.6) is 0 Å². The molecule has 0 aliphatic heterocycles. The van der Waals surface area contributed by atoms with Crippen molar-refractivity contribution in [3.8, 4) is 0 Å². The summed E-state index contributed by atoms with van der Waals surface area (Å²) in [6, 6.07) is 3.75. The molecule has 0 unspecified atom stereocenters. The van der Waals surface area contributed by atoms with Gasteiger partial charge in [0, 0.05) is 23.1 Å². The number of carbonyl (C=O) groups excluding carboxylic acids is 1. The molecule has 0 radical (unpaired) electrons. The molecule has 0 saturated carbocycles. The third kappa shape index (κ3) is 1.55. The van der Waals surface area contributed by atoms with E-state index in [0.717, 1.165) is 20.9 Å². The number of hydrogen-bond acceptors (Lipinski definition) is 1. The van der Waals surface area contributed by atoms with E-state index in [1.165, 1.54) is 0 Å². The minimum absolute atomic E-state index is 0.400. The molecule has 1 amide bonds. The molecular weight excluding hydrogens is 256 g/mol.